The number of carbonyl (C=O) groups excluding carboxylic acids is 2. The second kappa shape index (κ2) is 10.8. The predicted molar refractivity (Wildman–Crippen MR) is 131 cm³/mol. The maximum Gasteiger partial charge on any atom is 0.305 e. The monoisotopic (exact) mass is 476 g/mol. The first-order valence-corrected chi connectivity index (χ1v) is 11.9. The highest BCUT2D eigenvalue weighted by Crippen LogP contribution is 2.22. The summed E-state index contributed by atoms with van der Waals surface area (Å²) in [6.45, 7) is 2.15. The lowest BCUT2D eigenvalue weighted by molar-refractivity contribution is -0.119. The zero-order valence-corrected chi connectivity index (χ0v) is 19.4. The van der Waals surface area contributed by atoms with Crippen molar-refractivity contribution in [3.8, 4) is 5.69 Å². The van der Waals surface area contributed by atoms with E-state index in [4.69, 9.17) is 4.42 Å². The van der Waals surface area contributed by atoms with Crippen LogP contribution in [0.3, 0.4) is 0 Å². The van der Waals surface area contributed by atoms with Crippen LogP contribution < -0.4 is 16.4 Å². The number of nitrogens with one attached hydrogen (secondary N) is 2. The molecule has 4 rings (SSSR count). The summed E-state index contributed by atoms with van der Waals surface area (Å²) in [7, 11) is 0. The van der Waals surface area contributed by atoms with Gasteiger partial charge in [0.25, 0.3) is 5.56 Å². The average molecular weight is 477 g/mol. The zero-order valence-electron chi connectivity index (χ0n) is 18.6. The van der Waals surface area contributed by atoms with Crippen LogP contribution in [0.2, 0.25) is 0 Å². The first-order chi connectivity index (χ1) is 16.6. The number of hydrogen-bond acceptors (Lipinski definition) is 6. The van der Waals surface area contributed by atoms with Crippen molar-refractivity contribution in [2.45, 2.75) is 31.3 Å². The van der Waals surface area contributed by atoms with Crippen LogP contribution in [0.15, 0.2) is 81.3 Å². The average Bonchev–Trinajstić information content (AvgIpc) is 3.41. The van der Waals surface area contributed by atoms with E-state index in [1.807, 2.05) is 30.3 Å². The summed E-state index contributed by atoms with van der Waals surface area (Å²) in [4.78, 5) is 42.2. The first kappa shape index (κ1) is 23.3. The van der Waals surface area contributed by atoms with Gasteiger partial charge in [-0.2, -0.15) is 0 Å². The molecule has 9 heteroatoms. The third-order valence-electron chi connectivity index (χ3n) is 5.15. The molecule has 0 atom stereocenters. The van der Waals surface area contributed by atoms with Crippen LogP contribution in [-0.4, -0.2) is 27.1 Å². The lowest BCUT2D eigenvalue weighted by Gasteiger charge is -2.14. The smallest absolute Gasteiger partial charge is 0.305 e. The zero-order chi connectivity index (χ0) is 23.9. The van der Waals surface area contributed by atoms with Crippen LogP contribution in [0.5, 0.6) is 0 Å². The molecule has 0 unspecified atom stereocenters. The van der Waals surface area contributed by atoms with Gasteiger partial charge in [0.1, 0.15) is 0 Å². The standard InChI is InChI=1S/C25H24N4O4S/c1-2-3-7-17-11-13-18(14-12-17)29-24(32)19-8-4-5-9-20(19)26-25(29)34-16-22(30)27-28-23(31)21-10-6-15-33-21/h4-6,8-15H,2-3,7,16H2,1H3,(H,27,30)(H,28,31). The van der Waals surface area contributed by atoms with E-state index in [9.17, 15) is 14.4 Å². The molecule has 174 valence electrons. The number of benzene rings is 2. The molecule has 0 saturated heterocycles. The molecule has 2 aromatic carbocycles. The number of para-hydroxylation sites is 1. The molecule has 0 saturated carbocycles. The van der Waals surface area contributed by atoms with E-state index in [2.05, 4.69) is 22.8 Å². The Kier molecular flexibility index (Phi) is 7.44. The SMILES string of the molecule is CCCCc1ccc(-n2c(SCC(=O)NNC(=O)c3ccco3)nc3ccccc3c2=O)cc1. The quantitative estimate of drug-likeness (QED) is 0.227. The molecule has 0 aliphatic rings. The van der Waals surface area contributed by atoms with Gasteiger partial charge in [0.15, 0.2) is 10.9 Å². The number of thioether (sulfide) groups is 1. The molecule has 2 heterocycles. The first-order valence-electron chi connectivity index (χ1n) is 10.9. The summed E-state index contributed by atoms with van der Waals surface area (Å²) in [5, 5.41) is 0.884. The maximum absolute atomic E-state index is 13.3. The molecule has 0 aliphatic carbocycles. The molecule has 2 amide bonds. The Labute approximate surface area is 200 Å². The summed E-state index contributed by atoms with van der Waals surface area (Å²) in [5.74, 6) is -0.987. The number of rotatable bonds is 8. The minimum atomic E-state index is -0.563. The number of carbonyl (C=O) groups is 2. The Morgan fingerprint density at radius 1 is 1.03 bits per heavy atom. The van der Waals surface area contributed by atoms with Gasteiger partial charge in [-0.15, -0.1) is 0 Å². The summed E-state index contributed by atoms with van der Waals surface area (Å²) < 4.78 is 6.51. The van der Waals surface area contributed by atoms with Crippen LogP contribution in [0.25, 0.3) is 16.6 Å². The highest BCUT2D eigenvalue weighted by molar-refractivity contribution is 7.99. The molecule has 0 radical (unpaired) electrons. The summed E-state index contributed by atoms with van der Waals surface area (Å²) >= 11 is 1.11. The number of hydrazine groups is 1. The molecular formula is C25H24N4O4S. The molecule has 2 aromatic heterocycles. The molecule has 2 N–H and O–H groups in total. The molecular weight excluding hydrogens is 452 g/mol. The van der Waals surface area contributed by atoms with Crippen molar-refractivity contribution in [2.75, 3.05) is 5.75 Å². The van der Waals surface area contributed by atoms with Gasteiger partial charge in [-0.1, -0.05) is 49.4 Å². The molecule has 0 bridgehead atoms. The second-order valence-corrected chi connectivity index (χ2v) is 8.53. The van der Waals surface area contributed by atoms with Gasteiger partial charge in [0.2, 0.25) is 5.91 Å². The van der Waals surface area contributed by atoms with E-state index in [1.165, 1.54) is 22.5 Å². The fourth-order valence-corrected chi connectivity index (χ4v) is 4.20. The Hall–Kier alpha value is -3.85. The number of aromatic nitrogens is 2. The second-order valence-electron chi connectivity index (χ2n) is 7.59. The van der Waals surface area contributed by atoms with Gasteiger partial charge in [0, 0.05) is 0 Å². The number of fused-ring (bicyclic) bond motifs is 1. The fourth-order valence-electron chi connectivity index (χ4n) is 3.39. The lowest BCUT2D eigenvalue weighted by atomic mass is 10.1. The third kappa shape index (κ3) is 5.37. The van der Waals surface area contributed by atoms with Gasteiger partial charge in [-0.25, -0.2) is 4.98 Å². The van der Waals surface area contributed by atoms with E-state index >= 15 is 0 Å². The van der Waals surface area contributed by atoms with Crippen molar-refractivity contribution in [1.82, 2.24) is 20.4 Å². The fraction of sp³-hybridized carbons (Fsp3) is 0.200. The number of unbranched alkanes of at least 4 members (excludes halogenated alkanes) is 1. The number of aryl methyl sites for hydroxylation is 1. The topological polar surface area (TPSA) is 106 Å². The van der Waals surface area contributed by atoms with Gasteiger partial charge in [-0.05, 0) is 54.8 Å². The van der Waals surface area contributed by atoms with E-state index < -0.39 is 11.8 Å². The van der Waals surface area contributed by atoms with Crippen LogP contribution in [0.1, 0.15) is 35.9 Å². The number of amides is 2. The number of nitrogens with zero attached hydrogens (tertiary/aromatic N) is 2. The van der Waals surface area contributed by atoms with Crippen molar-refractivity contribution < 1.29 is 14.0 Å². The highest BCUT2D eigenvalue weighted by Gasteiger charge is 2.16. The maximum atomic E-state index is 13.3. The van der Waals surface area contributed by atoms with Crippen molar-refractivity contribution in [2.24, 2.45) is 0 Å². The number of furan rings is 1. The molecule has 0 fully saturated rings. The molecule has 4 aromatic rings. The molecule has 34 heavy (non-hydrogen) atoms. The minimum Gasteiger partial charge on any atom is -0.459 e. The Morgan fingerprint density at radius 3 is 2.56 bits per heavy atom. The predicted octanol–water partition coefficient (Wildman–Crippen LogP) is 3.87. The third-order valence-corrected chi connectivity index (χ3v) is 6.09. The Bertz CT molecular complexity index is 1350. The Morgan fingerprint density at radius 2 is 1.82 bits per heavy atom. The van der Waals surface area contributed by atoms with E-state index in [0.717, 1.165) is 31.0 Å². The molecule has 8 nitrogen and oxygen atoms in total. The van der Waals surface area contributed by atoms with Crippen molar-refractivity contribution >= 4 is 34.5 Å². The van der Waals surface area contributed by atoms with Crippen molar-refractivity contribution in [3.63, 3.8) is 0 Å². The van der Waals surface area contributed by atoms with Crippen LogP contribution >= 0.6 is 11.8 Å². The van der Waals surface area contributed by atoms with E-state index in [-0.39, 0.29) is 17.1 Å². The summed E-state index contributed by atoms with van der Waals surface area (Å²) in [5.41, 5.74) is 6.87. The Balaban J connectivity index is 1.55. The lowest BCUT2D eigenvalue weighted by Crippen LogP contribution is -2.42. The van der Waals surface area contributed by atoms with Gasteiger partial charge < -0.3 is 4.42 Å². The number of hydrogen-bond donors (Lipinski definition) is 2. The largest absolute Gasteiger partial charge is 0.459 e. The molecule has 0 aliphatic heterocycles. The van der Waals surface area contributed by atoms with E-state index in [1.54, 1.807) is 24.3 Å². The van der Waals surface area contributed by atoms with Crippen LogP contribution in [-0.2, 0) is 11.2 Å². The van der Waals surface area contributed by atoms with Gasteiger partial charge in [0.05, 0.1) is 28.6 Å². The molecule has 0 spiro atoms. The highest BCUT2D eigenvalue weighted by atomic mass is 32.2. The van der Waals surface area contributed by atoms with Crippen molar-refractivity contribution in [1.29, 1.82) is 0 Å². The summed E-state index contributed by atoms with van der Waals surface area (Å²) in [6.07, 6.45) is 4.56. The normalized spacial score (nSPS) is 10.9. The van der Waals surface area contributed by atoms with Crippen LogP contribution in [0, 0.1) is 0 Å². The minimum absolute atomic E-state index is 0.0577. The van der Waals surface area contributed by atoms with Gasteiger partial charge in [-0.3, -0.25) is 29.8 Å². The van der Waals surface area contributed by atoms with E-state index in [0.29, 0.717) is 21.7 Å². The van der Waals surface area contributed by atoms with Crippen LogP contribution in [0.4, 0.5) is 0 Å². The summed E-state index contributed by atoms with van der Waals surface area (Å²) in [6, 6.07) is 18.0. The van der Waals surface area contributed by atoms with Crippen molar-refractivity contribution in [3.05, 3.63) is 88.6 Å². The van der Waals surface area contributed by atoms with Gasteiger partial charge >= 0.3 is 5.91 Å².